The molecule has 2 aromatic rings. The maximum atomic E-state index is 13.5. The fraction of sp³-hybridized carbons (Fsp3) is 0.500. The molecule has 0 spiro atoms. The molecule has 7 heteroatoms. The standard InChI is InChI=1S/C28H38N4O3/c1-20-9-7-10-24(13-20)17-31(6)18-26-21(2)16-32(22(3)19-33)28(34)25-14-23(11-8-12-30(4)5)15-29-27(25)35-26/h7,9-10,13-15,21-22,26,33H,12,16-19H2,1-6H3/t21-,22+,26-/m0/s1. The third-order valence-corrected chi connectivity index (χ3v) is 6.18. The van der Waals surface area contributed by atoms with Gasteiger partial charge in [0.25, 0.3) is 5.91 Å². The number of aliphatic hydroxyl groups excluding tert-OH is 1. The van der Waals surface area contributed by atoms with Gasteiger partial charge in [-0.2, -0.15) is 0 Å². The summed E-state index contributed by atoms with van der Waals surface area (Å²) in [5.41, 5.74) is 3.54. The number of rotatable bonds is 7. The molecule has 1 amide bonds. The number of fused-ring (bicyclic) bond motifs is 1. The van der Waals surface area contributed by atoms with E-state index in [0.29, 0.717) is 36.6 Å². The lowest BCUT2D eigenvalue weighted by atomic mass is 9.99. The predicted molar refractivity (Wildman–Crippen MR) is 138 cm³/mol. The van der Waals surface area contributed by atoms with Crippen LogP contribution in [-0.4, -0.2) is 90.2 Å². The Hall–Kier alpha value is -2.92. The van der Waals surface area contributed by atoms with Crippen molar-refractivity contribution in [2.24, 2.45) is 5.92 Å². The van der Waals surface area contributed by atoms with E-state index in [1.807, 2.05) is 25.9 Å². The lowest BCUT2D eigenvalue weighted by Gasteiger charge is -2.37. The largest absolute Gasteiger partial charge is 0.472 e. The molecule has 0 fully saturated rings. The molecule has 7 nitrogen and oxygen atoms in total. The minimum Gasteiger partial charge on any atom is -0.472 e. The number of amides is 1. The lowest BCUT2D eigenvalue weighted by molar-refractivity contribution is 0.0325. The number of hydrogen-bond donors (Lipinski definition) is 1. The Kier molecular flexibility index (Phi) is 9.27. The Morgan fingerprint density at radius 1 is 1.29 bits per heavy atom. The number of benzene rings is 1. The van der Waals surface area contributed by atoms with Crippen LogP contribution in [-0.2, 0) is 6.54 Å². The molecule has 0 bridgehead atoms. The van der Waals surface area contributed by atoms with Gasteiger partial charge in [-0.25, -0.2) is 4.98 Å². The molecule has 2 heterocycles. The number of aliphatic hydroxyl groups is 1. The van der Waals surface area contributed by atoms with Crippen molar-refractivity contribution >= 4 is 5.91 Å². The van der Waals surface area contributed by atoms with E-state index in [4.69, 9.17) is 4.74 Å². The minimum atomic E-state index is -0.315. The van der Waals surface area contributed by atoms with Gasteiger partial charge >= 0.3 is 0 Å². The summed E-state index contributed by atoms with van der Waals surface area (Å²) in [5, 5.41) is 9.85. The van der Waals surface area contributed by atoms with Crippen LogP contribution < -0.4 is 4.74 Å². The molecular formula is C28H38N4O3. The molecule has 0 unspecified atom stereocenters. The van der Waals surface area contributed by atoms with Crippen molar-refractivity contribution in [1.29, 1.82) is 0 Å². The van der Waals surface area contributed by atoms with E-state index in [2.05, 4.69) is 66.9 Å². The number of likely N-dealkylation sites (N-methyl/N-ethyl adjacent to an activating group) is 1. The highest BCUT2D eigenvalue weighted by molar-refractivity contribution is 5.97. The summed E-state index contributed by atoms with van der Waals surface area (Å²) >= 11 is 0. The molecular weight excluding hydrogens is 440 g/mol. The normalized spacial score (nSPS) is 18.9. The number of carbonyl (C=O) groups is 1. The highest BCUT2D eigenvalue weighted by Gasteiger charge is 2.34. The second-order valence-corrected chi connectivity index (χ2v) is 9.92. The number of pyridine rings is 1. The number of nitrogens with zero attached hydrogens (tertiary/aromatic N) is 4. The van der Waals surface area contributed by atoms with Gasteiger partial charge in [-0.05, 0) is 46.6 Å². The molecule has 1 aliphatic heterocycles. The molecule has 1 N–H and O–H groups in total. The van der Waals surface area contributed by atoms with Gasteiger partial charge in [-0.3, -0.25) is 14.6 Å². The Morgan fingerprint density at radius 3 is 2.74 bits per heavy atom. The van der Waals surface area contributed by atoms with Gasteiger partial charge in [0, 0.05) is 37.3 Å². The van der Waals surface area contributed by atoms with Crippen LogP contribution in [0, 0.1) is 24.7 Å². The van der Waals surface area contributed by atoms with E-state index < -0.39 is 0 Å². The fourth-order valence-corrected chi connectivity index (χ4v) is 4.18. The summed E-state index contributed by atoms with van der Waals surface area (Å²) in [6, 6.07) is 9.94. The van der Waals surface area contributed by atoms with E-state index >= 15 is 0 Å². The van der Waals surface area contributed by atoms with Crippen molar-refractivity contribution in [3.63, 3.8) is 0 Å². The second-order valence-electron chi connectivity index (χ2n) is 9.92. The number of aryl methyl sites for hydroxylation is 1. The molecule has 3 rings (SSSR count). The van der Waals surface area contributed by atoms with Crippen LogP contribution in [0.25, 0.3) is 0 Å². The van der Waals surface area contributed by atoms with Crippen LogP contribution in [0.5, 0.6) is 5.88 Å². The second kappa shape index (κ2) is 12.2. The van der Waals surface area contributed by atoms with Crippen LogP contribution in [0.2, 0.25) is 0 Å². The summed E-state index contributed by atoms with van der Waals surface area (Å²) in [6.45, 7) is 8.51. The van der Waals surface area contributed by atoms with Gasteiger partial charge in [0.05, 0.1) is 19.2 Å². The Bertz CT molecular complexity index is 1080. The molecule has 3 atom stereocenters. The molecule has 1 aliphatic rings. The first-order valence-electron chi connectivity index (χ1n) is 12.1. The van der Waals surface area contributed by atoms with Crippen molar-refractivity contribution in [2.75, 3.05) is 47.4 Å². The molecule has 35 heavy (non-hydrogen) atoms. The number of aromatic nitrogens is 1. The molecule has 1 aromatic heterocycles. The van der Waals surface area contributed by atoms with Crippen LogP contribution in [0.15, 0.2) is 36.5 Å². The van der Waals surface area contributed by atoms with Gasteiger partial charge in [-0.15, -0.1) is 0 Å². The Morgan fingerprint density at radius 2 is 2.06 bits per heavy atom. The summed E-state index contributed by atoms with van der Waals surface area (Å²) in [6.07, 6.45) is 1.48. The third-order valence-electron chi connectivity index (χ3n) is 6.18. The molecule has 1 aromatic carbocycles. The van der Waals surface area contributed by atoms with E-state index in [1.165, 1.54) is 11.1 Å². The summed E-state index contributed by atoms with van der Waals surface area (Å²) in [5.74, 6) is 6.35. The maximum Gasteiger partial charge on any atom is 0.259 e. The molecule has 0 saturated heterocycles. The zero-order valence-electron chi connectivity index (χ0n) is 21.8. The van der Waals surface area contributed by atoms with Gasteiger partial charge in [0.2, 0.25) is 5.88 Å². The van der Waals surface area contributed by atoms with Crippen molar-refractivity contribution < 1.29 is 14.6 Å². The zero-order chi connectivity index (χ0) is 25.5. The average molecular weight is 479 g/mol. The van der Waals surface area contributed by atoms with Crippen LogP contribution >= 0.6 is 0 Å². The molecule has 0 radical (unpaired) electrons. The van der Waals surface area contributed by atoms with Gasteiger partial charge in [-0.1, -0.05) is 48.6 Å². The number of ether oxygens (including phenoxy) is 1. The van der Waals surface area contributed by atoms with Crippen molar-refractivity contribution in [3.05, 3.63) is 58.8 Å². The van der Waals surface area contributed by atoms with Gasteiger partial charge in [0.15, 0.2) is 0 Å². The van der Waals surface area contributed by atoms with Crippen molar-refractivity contribution in [1.82, 2.24) is 19.7 Å². The highest BCUT2D eigenvalue weighted by atomic mass is 16.5. The van der Waals surface area contributed by atoms with E-state index in [1.54, 1.807) is 17.2 Å². The maximum absolute atomic E-state index is 13.5. The van der Waals surface area contributed by atoms with Crippen molar-refractivity contribution in [3.8, 4) is 17.7 Å². The van der Waals surface area contributed by atoms with Gasteiger partial charge < -0.3 is 14.7 Å². The lowest BCUT2D eigenvalue weighted by Crippen LogP contribution is -2.49. The van der Waals surface area contributed by atoms with Gasteiger partial charge in [0.1, 0.15) is 11.7 Å². The molecule has 0 aliphatic carbocycles. The summed E-state index contributed by atoms with van der Waals surface area (Å²) in [4.78, 5) is 24.0. The summed E-state index contributed by atoms with van der Waals surface area (Å²) < 4.78 is 6.39. The molecule has 188 valence electrons. The Balaban J connectivity index is 1.89. The molecule has 0 saturated carbocycles. The van der Waals surface area contributed by atoms with Crippen LogP contribution in [0.3, 0.4) is 0 Å². The average Bonchev–Trinajstić information content (AvgIpc) is 2.81. The zero-order valence-corrected chi connectivity index (χ0v) is 21.8. The first-order valence-corrected chi connectivity index (χ1v) is 12.1. The van der Waals surface area contributed by atoms with Crippen molar-refractivity contribution in [2.45, 2.75) is 39.5 Å². The summed E-state index contributed by atoms with van der Waals surface area (Å²) in [7, 11) is 5.99. The number of hydrogen-bond acceptors (Lipinski definition) is 6. The van der Waals surface area contributed by atoms with Crippen LogP contribution in [0.4, 0.5) is 0 Å². The monoisotopic (exact) mass is 478 g/mol. The van der Waals surface area contributed by atoms with E-state index in [0.717, 1.165) is 6.54 Å². The highest BCUT2D eigenvalue weighted by Crippen LogP contribution is 2.27. The smallest absolute Gasteiger partial charge is 0.259 e. The quantitative estimate of drug-likeness (QED) is 0.617. The van der Waals surface area contributed by atoms with Crippen LogP contribution in [0.1, 0.15) is 40.9 Å². The Labute approximate surface area is 209 Å². The first kappa shape index (κ1) is 26.7. The van der Waals surface area contributed by atoms with E-state index in [-0.39, 0.29) is 30.6 Å². The number of carbonyl (C=O) groups excluding carboxylic acids is 1. The SMILES string of the molecule is Cc1cccc(CN(C)C[C@@H]2Oc3ncc(C#CCN(C)C)cc3C(=O)N([C@H](C)CO)C[C@@H]2C)c1. The fourth-order valence-electron chi connectivity index (χ4n) is 4.18. The third kappa shape index (κ3) is 7.28. The predicted octanol–water partition coefficient (Wildman–Crippen LogP) is 2.66. The first-order chi connectivity index (χ1) is 16.7. The minimum absolute atomic E-state index is 0.0439. The van der Waals surface area contributed by atoms with E-state index in [9.17, 15) is 9.90 Å². The topological polar surface area (TPSA) is 69.1 Å².